The van der Waals surface area contributed by atoms with Crippen molar-refractivity contribution in [3.63, 3.8) is 0 Å². The van der Waals surface area contributed by atoms with Gasteiger partial charge in [0.25, 0.3) is 5.91 Å². The van der Waals surface area contributed by atoms with Crippen LogP contribution in [-0.2, 0) is 9.59 Å². The van der Waals surface area contributed by atoms with Crippen LogP contribution in [0.4, 0.5) is 0 Å². The zero-order valence-electron chi connectivity index (χ0n) is 9.31. The molecule has 0 radical (unpaired) electrons. The van der Waals surface area contributed by atoms with Gasteiger partial charge in [0.05, 0.1) is 6.61 Å². The minimum Gasteiger partial charge on any atom is -0.395 e. The Balaban J connectivity index is 3.82. The molecule has 0 aliphatic rings. The molecule has 0 aliphatic carbocycles. The molecule has 0 saturated carbocycles. The number of hydrogen-bond acceptors (Lipinski definition) is 5. The number of amides is 2. The van der Waals surface area contributed by atoms with Crippen LogP contribution in [0.15, 0.2) is 5.18 Å². The largest absolute Gasteiger partial charge is 0.395 e. The van der Waals surface area contributed by atoms with Gasteiger partial charge in [-0.3, -0.25) is 14.5 Å². The molecule has 2 N–H and O–H groups in total. The Hall–Kier alpha value is -1.34. The number of hydrogen-bond donors (Lipinski definition) is 2. The van der Waals surface area contributed by atoms with Gasteiger partial charge in [-0.05, 0) is 0 Å². The summed E-state index contributed by atoms with van der Waals surface area (Å²) >= 11 is 0. The first kappa shape index (κ1) is 14.7. The smallest absolute Gasteiger partial charge is 0.287 e. The highest BCUT2D eigenvalue weighted by Crippen LogP contribution is 1.92. The second-order valence-corrected chi connectivity index (χ2v) is 3.28. The van der Waals surface area contributed by atoms with Crippen LogP contribution >= 0.6 is 0 Å². The Labute approximate surface area is 93.8 Å². The number of rotatable bonds is 8. The number of carbonyl (C=O) groups is 2. The Kier molecular flexibility index (Phi) is 8.18. The topological polar surface area (TPSA) is 99.1 Å². The van der Waals surface area contributed by atoms with Crippen LogP contribution < -0.4 is 5.32 Å². The van der Waals surface area contributed by atoms with Crippen molar-refractivity contribution < 1.29 is 14.7 Å². The molecule has 0 spiro atoms. The highest BCUT2D eigenvalue weighted by atomic mass is 16.3. The van der Waals surface area contributed by atoms with Crippen molar-refractivity contribution in [2.45, 2.75) is 13.3 Å². The summed E-state index contributed by atoms with van der Waals surface area (Å²) in [5.41, 5.74) is 0. The van der Waals surface area contributed by atoms with Gasteiger partial charge in [-0.25, -0.2) is 0 Å². The maximum atomic E-state index is 10.7. The van der Waals surface area contributed by atoms with Gasteiger partial charge in [0, 0.05) is 44.7 Å². The number of aliphatic hydroxyl groups excluding tert-OH is 1. The molecule has 0 bridgehead atoms. The van der Waals surface area contributed by atoms with Crippen molar-refractivity contribution in [1.29, 1.82) is 0 Å². The molecule has 0 atom stereocenters. The number of nitroso groups, excluding NO2 is 1. The summed E-state index contributed by atoms with van der Waals surface area (Å²) in [6.45, 7) is 3.08. The van der Waals surface area contributed by atoms with Gasteiger partial charge >= 0.3 is 0 Å². The summed E-state index contributed by atoms with van der Waals surface area (Å²) in [5.74, 6) is -0.836. The van der Waals surface area contributed by atoms with Gasteiger partial charge in [-0.2, -0.15) is 0 Å². The standard InChI is InChI=1S/C9H17N3O4/c1-8(14)10-3-5-12(6-7-13)4-2-9(15)11-16/h13H,2-7H2,1H3,(H,10,14). The van der Waals surface area contributed by atoms with E-state index >= 15 is 0 Å². The molecule has 0 saturated heterocycles. The molecule has 0 heterocycles. The van der Waals surface area contributed by atoms with Crippen molar-refractivity contribution >= 4 is 11.8 Å². The van der Waals surface area contributed by atoms with Gasteiger partial charge in [0.15, 0.2) is 0 Å². The van der Waals surface area contributed by atoms with Gasteiger partial charge in [-0.1, -0.05) is 0 Å². The van der Waals surface area contributed by atoms with Crippen LogP contribution in [-0.4, -0.2) is 54.6 Å². The van der Waals surface area contributed by atoms with E-state index in [2.05, 4.69) is 10.5 Å². The quantitative estimate of drug-likeness (QED) is 0.527. The lowest BCUT2D eigenvalue weighted by molar-refractivity contribution is -0.119. The van der Waals surface area contributed by atoms with Gasteiger partial charge < -0.3 is 10.4 Å². The minimum absolute atomic E-state index is 0.0313. The van der Waals surface area contributed by atoms with Crippen molar-refractivity contribution in [2.75, 3.05) is 32.8 Å². The lowest BCUT2D eigenvalue weighted by atomic mass is 10.3. The van der Waals surface area contributed by atoms with Crippen molar-refractivity contribution in [1.82, 2.24) is 10.2 Å². The molecule has 0 aromatic rings. The van der Waals surface area contributed by atoms with Crippen molar-refractivity contribution in [3.8, 4) is 0 Å². The van der Waals surface area contributed by atoms with E-state index in [9.17, 15) is 14.5 Å². The molecule has 0 aromatic carbocycles. The van der Waals surface area contributed by atoms with Crippen LogP contribution in [0.1, 0.15) is 13.3 Å². The Morgan fingerprint density at radius 3 is 2.50 bits per heavy atom. The molecule has 0 unspecified atom stereocenters. The molecule has 0 rings (SSSR count). The number of nitrogens with zero attached hydrogens (tertiary/aromatic N) is 2. The maximum Gasteiger partial charge on any atom is 0.287 e. The highest BCUT2D eigenvalue weighted by molar-refractivity contribution is 5.76. The number of nitrogens with one attached hydrogen (secondary N) is 1. The van der Waals surface area contributed by atoms with Crippen molar-refractivity contribution in [2.24, 2.45) is 5.18 Å². The average molecular weight is 231 g/mol. The minimum atomic E-state index is -0.706. The van der Waals surface area contributed by atoms with E-state index in [0.717, 1.165) is 0 Å². The summed E-state index contributed by atoms with van der Waals surface area (Å²) in [6.07, 6.45) is 0.0313. The molecule has 0 aliphatic heterocycles. The molecule has 92 valence electrons. The van der Waals surface area contributed by atoms with Gasteiger partial charge in [0.2, 0.25) is 5.91 Å². The lowest BCUT2D eigenvalue weighted by Crippen LogP contribution is -2.36. The predicted octanol–water partition coefficient (Wildman–Crippen LogP) is -0.900. The molecule has 0 aromatic heterocycles. The maximum absolute atomic E-state index is 10.7. The van der Waals surface area contributed by atoms with Crippen LogP contribution in [0.2, 0.25) is 0 Å². The SMILES string of the molecule is CC(=O)NCCN(CCO)CCC(=O)N=O. The average Bonchev–Trinajstić information content (AvgIpc) is 2.24. The molecule has 7 nitrogen and oxygen atoms in total. The Bertz CT molecular complexity index is 245. The molecule has 2 amide bonds. The van der Waals surface area contributed by atoms with E-state index in [1.54, 1.807) is 4.90 Å². The van der Waals surface area contributed by atoms with Crippen LogP contribution in [0.3, 0.4) is 0 Å². The summed E-state index contributed by atoms with van der Waals surface area (Å²) < 4.78 is 0. The van der Waals surface area contributed by atoms with Gasteiger partial charge in [0.1, 0.15) is 0 Å². The first-order chi connectivity index (χ1) is 7.60. The van der Waals surface area contributed by atoms with Crippen molar-refractivity contribution in [3.05, 3.63) is 4.91 Å². The zero-order chi connectivity index (χ0) is 12.4. The third kappa shape index (κ3) is 8.01. The molecule has 7 heteroatoms. The first-order valence-electron chi connectivity index (χ1n) is 5.04. The lowest BCUT2D eigenvalue weighted by Gasteiger charge is -2.20. The Morgan fingerprint density at radius 1 is 1.31 bits per heavy atom. The highest BCUT2D eigenvalue weighted by Gasteiger charge is 2.08. The van der Waals surface area contributed by atoms with E-state index < -0.39 is 5.91 Å². The Morgan fingerprint density at radius 2 is 2.00 bits per heavy atom. The van der Waals surface area contributed by atoms with E-state index in [-0.39, 0.29) is 18.9 Å². The van der Waals surface area contributed by atoms with Crippen LogP contribution in [0, 0.1) is 4.91 Å². The molecular formula is C9H17N3O4. The van der Waals surface area contributed by atoms with E-state index in [1.165, 1.54) is 6.92 Å². The molecule has 16 heavy (non-hydrogen) atoms. The zero-order valence-corrected chi connectivity index (χ0v) is 9.31. The number of carbonyl (C=O) groups excluding carboxylic acids is 2. The van der Waals surface area contributed by atoms with Crippen LogP contribution in [0.25, 0.3) is 0 Å². The molecule has 0 fully saturated rings. The monoisotopic (exact) mass is 231 g/mol. The first-order valence-corrected chi connectivity index (χ1v) is 5.04. The van der Waals surface area contributed by atoms with E-state index in [1.807, 2.05) is 0 Å². The van der Waals surface area contributed by atoms with Crippen LogP contribution in [0.5, 0.6) is 0 Å². The summed E-state index contributed by atoms with van der Waals surface area (Å²) in [7, 11) is 0. The van der Waals surface area contributed by atoms with E-state index in [4.69, 9.17) is 5.11 Å². The fourth-order valence-corrected chi connectivity index (χ4v) is 1.17. The molecular weight excluding hydrogens is 214 g/mol. The second-order valence-electron chi connectivity index (χ2n) is 3.28. The third-order valence-corrected chi connectivity index (χ3v) is 1.96. The summed E-state index contributed by atoms with van der Waals surface area (Å²) in [5, 5.41) is 13.7. The fraction of sp³-hybridized carbons (Fsp3) is 0.778. The fourth-order valence-electron chi connectivity index (χ4n) is 1.17. The summed E-state index contributed by atoms with van der Waals surface area (Å²) in [6, 6.07) is 0. The second kappa shape index (κ2) is 8.93. The predicted molar refractivity (Wildman–Crippen MR) is 57.6 cm³/mol. The van der Waals surface area contributed by atoms with E-state index in [0.29, 0.717) is 26.2 Å². The summed E-state index contributed by atoms with van der Waals surface area (Å²) in [4.78, 5) is 32.9. The van der Waals surface area contributed by atoms with Gasteiger partial charge in [-0.15, -0.1) is 4.91 Å². The third-order valence-electron chi connectivity index (χ3n) is 1.96. The normalized spacial score (nSPS) is 10.2. The number of aliphatic hydroxyl groups is 1.